The van der Waals surface area contributed by atoms with Gasteiger partial charge in [0.1, 0.15) is 13.2 Å². The molecule has 0 spiro atoms. The summed E-state index contributed by atoms with van der Waals surface area (Å²) in [7, 11) is 1.23. The van der Waals surface area contributed by atoms with Gasteiger partial charge in [0, 0.05) is 6.42 Å². The minimum Gasteiger partial charge on any atom is -0.756 e. The van der Waals surface area contributed by atoms with Gasteiger partial charge in [-0.1, -0.05) is 317 Å². The summed E-state index contributed by atoms with van der Waals surface area (Å²) in [5.74, 6) is -0.213. The molecular weight excluding hydrogens is 1040 g/mol. The molecule has 2 N–H and O–H groups in total. The summed E-state index contributed by atoms with van der Waals surface area (Å²) < 4.78 is 23.4. The Morgan fingerprint density at radius 2 is 0.747 bits per heavy atom. The highest BCUT2D eigenvalue weighted by Gasteiger charge is 2.23. The van der Waals surface area contributed by atoms with Crippen molar-refractivity contribution in [2.75, 3.05) is 40.9 Å². The van der Waals surface area contributed by atoms with Gasteiger partial charge in [0.25, 0.3) is 7.82 Å². The van der Waals surface area contributed by atoms with Gasteiger partial charge < -0.3 is 28.8 Å². The number of carbonyl (C=O) groups excluding carboxylic acids is 1. The highest BCUT2D eigenvalue weighted by Crippen LogP contribution is 2.38. The topological polar surface area (TPSA) is 108 Å². The molecule has 0 saturated heterocycles. The molecule has 0 aromatic rings. The molecule has 0 aromatic heterocycles. The maximum atomic E-state index is 13.0. The number of likely N-dealkylation sites (N-methyl/N-ethyl adjacent to an activating group) is 1. The Hall–Kier alpha value is -2.58. The van der Waals surface area contributed by atoms with Gasteiger partial charge in [0.05, 0.1) is 39.9 Å². The number of nitrogens with one attached hydrogen (secondary N) is 1. The zero-order valence-corrected chi connectivity index (χ0v) is 56.0. The van der Waals surface area contributed by atoms with Gasteiger partial charge in [-0.05, 0) is 89.9 Å². The Morgan fingerprint density at radius 3 is 1.12 bits per heavy atom. The Kier molecular flexibility index (Phi) is 61.9. The van der Waals surface area contributed by atoms with Crippen LogP contribution in [0.15, 0.2) is 97.2 Å². The first-order valence-corrected chi connectivity index (χ1v) is 36.6. The molecule has 3 unspecified atom stereocenters. The van der Waals surface area contributed by atoms with Crippen molar-refractivity contribution >= 4 is 13.7 Å². The van der Waals surface area contributed by atoms with E-state index in [1.165, 1.54) is 218 Å². The number of amides is 1. The van der Waals surface area contributed by atoms with Crippen LogP contribution >= 0.6 is 7.82 Å². The van der Waals surface area contributed by atoms with Crippen molar-refractivity contribution in [1.82, 2.24) is 5.32 Å². The number of hydrogen-bond acceptors (Lipinski definition) is 6. The number of phosphoric acid groups is 1. The van der Waals surface area contributed by atoms with Crippen molar-refractivity contribution in [2.45, 2.75) is 328 Å². The van der Waals surface area contributed by atoms with Crippen LogP contribution in [0.5, 0.6) is 0 Å². The summed E-state index contributed by atoms with van der Waals surface area (Å²) in [6.45, 7) is 4.53. The van der Waals surface area contributed by atoms with E-state index in [9.17, 15) is 19.4 Å². The Bertz CT molecular complexity index is 1670. The maximum absolute atomic E-state index is 13.0. The number of phosphoric ester groups is 1. The number of nitrogens with zero attached hydrogens (tertiary/aromatic N) is 1. The van der Waals surface area contributed by atoms with E-state index < -0.39 is 26.6 Å². The highest BCUT2D eigenvalue weighted by molar-refractivity contribution is 7.45. The molecule has 8 nitrogen and oxygen atoms in total. The predicted octanol–water partition coefficient (Wildman–Crippen LogP) is 21.9. The number of carbonyl (C=O) groups is 1. The Labute approximate surface area is 515 Å². The van der Waals surface area contributed by atoms with Crippen LogP contribution in [-0.4, -0.2) is 68.5 Å². The standard InChI is InChI=1S/C74H135N2O6P/c1-6-8-10-12-14-16-18-20-22-24-26-28-30-32-34-36-37-38-40-41-43-45-47-49-51-53-55-57-59-61-63-65-67-73(77)72(71-82-83(79,80)81-70-69-76(3,4)5)75-74(78)68-66-64-62-60-58-56-54-52-50-48-46-44-42-39-35-33-31-29-27-25-23-21-19-17-15-13-11-9-7-2/h9,11,15,17,21,23,27,29,33,35,49,51,57,59,65,67,72-73,77H,6-8,10,12-14,16,18-20,22,24-26,28,30-32,34,36-48,50,52-56,58,60-64,66,68-71H2,1-5H3,(H-,75,78,79,80)/b11-9-,17-15-,23-21-,29-27-,35-33-,51-49+,59-57+,67-65+. The molecule has 0 heterocycles. The van der Waals surface area contributed by atoms with Crippen LogP contribution in [0.4, 0.5) is 0 Å². The van der Waals surface area contributed by atoms with E-state index in [1.54, 1.807) is 6.08 Å². The van der Waals surface area contributed by atoms with Crippen molar-refractivity contribution in [3.63, 3.8) is 0 Å². The molecule has 0 aliphatic heterocycles. The lowest BCUT2D eigenvalue weighted by Crippen LogP contribution is -2.45. The van der Waals surface area contributed by atoms with E-state index in [0.29, 0.717) is 17.4 Å². The van der Waals surface area contributed by atoms with E-state index in [4.69, 9.17) is 9.05 Å². The van der Waals surface area contributed by atoms with Gasteiger partial charge in [-0.3, -0.25) is 9.36 Å². The summed E-state index contributed by atoms with van der Waals surface area (Å²) in [6, 6.07) is -0.918. The molecule has 0 rings (SSSR count). The summed E-state index contributed by atoms with van der Waals surface area (Å²) in [5.41, 5.74) is 0. The van der Waals surface area contributed by atoms with Crippen molar-refractivity contribution in [2.24, 2.45) is 0 Å². The fourth-order valence-corrected chi connectivity index (χ4v) is 10.8. The third kappa shape index (κ3) is 66.8. The Morgan fingerprint density at radius 1 is 0.434 bits per heavy atom. The minimum atomic E-state index is -4.62. The van der Waals surface area contributed by atoms with Gasteiger partial charge in [0.2, 0.25) is 5.91 Å². The normalized spacial score (nSPS) is 14.3. The summed E-state index contributed by atoms with van der Waals surface area (Å²) in [6.07, 6.45) is 92.5. The van der Waals surface area contributed by atoms with Crippen LogP contribution in [0.25, 0.3) is 0 Å². The van der Waals surface area contributed by atoms with E-state index >= 15 is 0 Å². The molecule has 9 heteroatoms. The molecule has 0 fully saturated rings. The molecule has 3 atom stereocenters. The second-order valence-electron chi connectivity index (χ2n) is 24.8. The smallest absolute Gasteiger partial charge is 0.268 e. The lowest BCUT2D eigenvalue weighted by Gasteiger charge is -2.29. The number of hydrogen-bond donors (Lipinski definition) is 2. The van der Waals surface area contributed by atoms with Gasteiger partial charge >= 0.3 is 0 Å². The number of aliphatic hydroxyl groups excluding tert-OH is 1. The molecule has 0 aliphatic rings. The molecule has 1 amide bonds. The van der Waals surface area contributed by atoms with E-state index in [0.717, 1.165) is 77.0 Å². The second-order valence-corrected chi connectivity index (χ2v) is 26.2. The monoisotopic (exact) mass is 1180 g/mol. The van der Waals surface area contributed by atoms with Crippen molar-refractivity contribution < 1.29 is 32.9 Å². The number of quaternary nitrogens is 1. The molecule has 0 aromatic carbocycles. The van der Waals surface area contributed by atoms with Gasteiger partial charge in [-0.25, -0.2) is 0 Å². The average molecular weight is 1180 g/mol. The quantitative estimate of drug-likeness (QED) is 0.0272. The van der Waals surface area contributed by atoms with E-state index in [1.807, 2.05) is 27.2 Å². The third-order valence-electron chi connectivity index (χ3n) is 15.5. The maximum Gasteiger partial charge on any atom is 0.268 e. The lowest BCUT2D eigenvalue weighted by molar-refractivity contribution is -0.870. The van der Waals surface area contributed by atoms with E-state index in [2.05, 4.69) is 104 Å². The number of allylic oxidation sites excluding steroid dienone is 15. The number of unbranched alkanes of at least 4 members (excludes halogenated alkanes) is 37. The molecule has 0 radical (unpaired) electrons. The molecular formula is C74H135N2O6P. The van der Waals surface area contributed by atoms with Crippen LogP contribution in [0.2, 0.25) is 0 Å². The lowest BCUT2D eigenvalue weighted by atomic mass is 10.0. The first-order valence-electron chi connectivity index (χ1n) is 35.1. The summed E-state index contributed by atoms with van der Waals surface area (Å²) >= 11 is 0. The van der Waals surface area contributed by atoms with Crippen LogP contribution in [0.1, 0.15) is 316 Å². The molecule has 482 valence electrons. The van der Waals surface area contributed by atoms with Crippen molar-refractivity contribution in [3.05, 3.63) is 97.2 Å². The average Bonchev–Trinajstić information content (AvgIpc) is 3.50. The first kappa shape index (κ1) is 80.4. The van der Waals surface area contributed by atoms with Crippen molar-refractivity contribution in [1.29, 1.82) is 0 Å². The minimum absolute atomic E-state index is 0.0127. The van der Waals surface area contributed by atoms with E-state index in [-0.39, 0.29) is 12.5 Å². The second kappa shape index (κ2) is 63.9. The molecule has 0 aliphatic carbocycles. The van der Waals surface area contributed by atoms with Crippen LogP contribution in [-0.2, 0) is 18.4 Å². The third-order valence-corrected chi connectivity index (χ3v) is 16.5. The first-order chi connectivity index (χ1) is 40.5. The van der Waals surface area contributed by atoms with Gasteiger partial charge in [-0.15, -0.1) is 0 Å². The molecule has 0 bridgehead atoms. The fourth-order valence-electron chi connectivity index (χ4n) is 10.1. The fraction of sp³-hybridized carbons (Fsp3) is 0.770. The van der Waals surface area contributed by atoms with Gasteiger partial charge in [0.15, 0.2) is 0 Å². The van der Waals surface area contributed by atoms with Crippen molar-refractivity contribution in [3.8, 4) is 0 Å². The summed E-state index contributed by atoms with van der Waals surface area (Å²) in [4.78, 5) is 25.6. The highest BCUT2D eigenvalue weighted by atomic mass is 31.2. The van der Waals surface area contributed by atoms with Crippen LogP contribution in [0, 0.1) is 0 Å². The zero-order valence-electron chi connectivity index (χ0n) is 55.1. The van der Waals surface area contributed by atoms with Crippen LogP contribution < -0.4 is 10.2 Å². The zero-order chi connectivity index (χ0) is 60.5. The Balaban J connectivity index is 4.15. The van der Waals surface area contributed by atoms with Gasteiger partial charge in [-0.2, -0.15) is 0 Å². The molecule has 0 saturated carbocycles. The number of rotatable bonds is 64. The summed E-state index contributed by atoms with van der Waals surface area (Å²) in [5, 5.41) is 13.9. The van der Waals surface area contributed by atoms with Crippen LogP contribution in [0.3, 0.4) is 0 Å². The largest absolute Gasteiger partial charge is 0.756 e. The predicted molar refractivity (Wildman–Crippen MR) is 362 cm³/mol. The molecule has 83 heavy (non-hydrogen) atoms. The SMILES string of the molecule is CC/C=C\C/C=C\C/C=C\C/C=C\C/C=C\CCCCCCCCCCCCCCCC(=O)NC(COP(=O)([O-])OCC[N+](C)(C)C)C(O)/C=C/CC/C=C/CC/C=C/CCCCCCCCCCCCCCCCCCCCCCCC. The number of aliphatic hydroxyl groups is 1.